The number of fused-ring (bicyclic) bond motifs is 1. The Bertz CT molecular complexity index is 334. The normalized spacial score (nSPS) is 29.6. The van der Waals surface area contributed by atoms with Crippen molar-refractivity contribution in [2.75, 3.05) is 12.3 Å². The summed E-state index contributed by atoms with van der Waals surface area (Å²) in [6.45, 7) is 2.67. The molecule has 2 aliphatic rings. The molecule has 2 unspecified atom stereocenters. The van der Waals surface area contributed by atoms with E-state index in [1.54, 1.807) is 0 Å². The Morgan fingerprint density at radius 3 is 3.22 bits per heavy atom. The number of nitrogens with zero attached hydrogens (tertiary/aromatic N) is 1. The Balaban J connectivity index is 1.64. The second-order valence-corrected chi connectivity index (χ2v) is 6.10. The maximum absolute atomic E-state index is 11.3. The van der Waals surface area contributed by atoms with E-state index >= 15 is 0 Å². The van der Waals surface area contributed by atoms with Gasteiger partial charge in [0.15, 0.2) is 5.96 Å². The second-order valence-electron chi connectivity index (χ2n) is 4.83. The molecule has 3 atom stereocenters. The van der Waals surface area contributed by atoms with Crippen LogP contribution in [0.15, 0.2) is 4.99 Å². The summed E-state index contributed by atoms with van der Waals surface area (Å²) < 4.78 is 0. The summed E-state index contributed by atoms with van der Waals surface area (Å²) in [5, 5.41) is 6.61. The topological polar surface area (TPSA) is 79.5 Å². The maximum Gasteiger partial charge on any atom is 0.219 e. The Morgan fingerprint density at radius 2 is 2.44 bits per heavy atom. The smallest absolute Gasteiger partial charge is 0.219 e. The molecular weight excluding hydrogens is 248 g/mol. The third-order valence-corrected chi connectivity index (χ3v) is 4.92. The number of carbonyl (C=O) groups excluding carboxylic acids is 1. The van der Waals surface area contributed by atoms with Crippen molar-refractivity contribution in [3.05, 3.63) is 0 Å². The highest BCUT2D eigenvalue weighted by atomic mass is 32.2. The number of nitrogens with two attached hydrogens (primary N) is 1. The molecule has 0 aromatic rings. The number of guanidine groups is 1. The van der Waals surface area contributed by atoms with E-state index in [4.69, 9.17) is 5.73 Å². The van der Waals surface area contributed by atoms with Gasteiger partial charge in [0.1, 0.15) is 0 Å². The molecule has 2 aliphatic heterocycles. The minimum absolute atomic E-state index is 0.166. The van der Waals surface area contributed by atoms with Gasteiger partial charge in [0.2, 0.25) is 5.91 Å². The van der Waals surface area contributed by atoms with Crippen LogP contribution in [0.1, 0.15) is 32.6 Å². The fourth-order valence-corrected chi connectivity index (χ4v) is 4.06. The molecule has 0 aliphatic carbocycles. The summed E-state index contributed by atoms with van der Waals surface area (Å²) in [6, 6.07) is 0.780. The minimum Gasteiger partial charge on any atom is -0.370 e. The van der Waals surface area contributed by atoms with Gasteiger partial charge in [0.25, 0.3) is 0 Å². The number of amides is 1. The molecule has 1 saturated heterocycles. The first-order valence-electron chi connectivity index (χ1n) is 6.69. The van der Waals surface area contributed by atoms with E-state index in [-0.39, 0.29) is 5.91 Å². The number of hydrogen-bond donors (Lipinski definition) is 3. The molecule has 18 heavy (non-hydrogen) atoms. The van der Waals surface area contributed by atoms with Crippen LogP contribution in [0.2, 0.25) is 0 Å². The quantitative estimate of drug-likeness (QED) is 0.612. The summed E-state index contributed by atoms with van der Waals surface area (Å²) in [6.07, 6.45) is 3.83. The van der Waals surface area contributed by atoms with Crippen LogP contribution in [-0.2, 0) is 4.79 Å². The molecule has 0 aromatic heterocycles. The zero-order chi connectivity index (χ0) is 13.0. The first-order valence-corrected chi connectivity index (χ1v) is 7.73. The van der Waals surface area contributed by atoms with E-state index in [0.29, 0.717) is 29.7 Å². The van der Waals surface area contributed by atoms with Crippen molar-refractivity contribution in [3.8, 4) is 0 Å². The van der Waals surface area contributed by atoms with Crippen molar-refractivity contribution in [2.24, 2.45) is 10.7 Å². The van der Waals surface area contributed by atoms with Crippen LogP contribution in [0.5, 0.6) is 0 Å². The fraction of sp³-hybridized carbons (Fsp3) is 0.833. The third kappa shape index (κ3) is 3.31. The Hall–Kier alpha value is -0.910. The lowest BCUT2D eigenvalue weighted by atomic mass is 10.0. The predicted octanol–water partition coefficient (Wildman–Crippen LogP) is 0.453. The summed E-state index contributed by atoms with van der Waals surface area (Å²) in [5.41, 5.74) is 5.69. The molecule has 0 aromatic carbocycles. The third-order valence-electron chi connectivity index (χ3n) is 3.42. The predicted molar refractivity (Wildman–Crippen MR) is 75.7 cm³/mol. The van der Waals surface area contributed by atoms with Gasteiger partial charge in [0, 0.05) is 24.0 Å². The van der Waals surface area contributed by atoms with Crippen molar-refractivity contribution < 1.29 is 4.79 Å². The zero-order valence-corrected chi connectivity index (χ0v) is 11.6. The van der Waals surface area contributed by atoms with Gasteiger partial charge in [-0.25, -0.2) is 4.99 Å². The fourth-order valence-electron chi connectivity index (χ4n) is 2.54. The zero-order valence-electron chi connectivity index (χ0n) is 10.8. The van der Waals surface area contributed by atoms with Crippen LogP contribution in [0.4, 0.5) is 0 Å². The first-order chi connectivity index (χ1) is 8.70. The molecule has 1 amide bonds. The molecule has 0 spiro atoms. The minimum atomic E-state index is 0.166. The molecule has 1 fully saturated rings. The summed E-state index contributed by atoms with van der Waals surface area (Å²) in [5.74, 6) is 1.85. The Kier molecular flexibility index (Phi) is 4.74. The van der Waals surface area contributed by atoms with Crippen molar-refractivity contribution in [1.29, 1.82) is 0 Å². The molecule has 0 bridgehead atoms. The van der Waals surface area contributed by atoms with Crippen molar-refractivity contribution in [2.45, 2.75) is 49.9 Å². The maximum atomic E-state index is 11.3. The van der Waals surface area contributed by atoms with Crippen LogP contribution >= 0.6 is 11.8 Å². The van der Waals surface area contributed by atoms with E-state index < -0.39 is 0 Å². The van der Waals surface area contributed by atoms with E-state index in [1.807, 2.05) is 18.7 Å². The highest BCUT2D eigenvalue weighted by Crippen LogP contribution is 2.35. The lowest BCUT2D eigenvalue weighted by Crippen LogP contribution is -2.38. The van der Waals surface area contributed by atoms with E-state index in [0.717, 1.165) is 31.6 Å². The molecule has 0 saturated carbocycles. The Labute approximate surface area is 112 Å². The van der Waals surface area contributed by atoms with Crippen LogP contribution in [0.3, 0.4) is 0 Å². The number of thioether (sulfide) groups is 1. The van der Waals surface area contributed by atoms with Gasteiger partial charge in [-0.05, 0) is 19.8 Å². The lowest BCUT2D eigenvalue weighted by Gasteiger charge is -2.14. The van der Waals surface area contributed by atoms with E-state index in [1.165, 1.54) is 0 Å². The molecule has 4 N–H and O–H groups in total. The van der Waals surface area contributed by atoms with Gasteiger partial charge in [-0.1, -0.05) is 6.42 Å². The van der Waals surface area contributed by atoms with Crippen LogP contribution in [-0.4, -0.2) is 41.5 Å². The average molecular weight is 270 g/mol. The largest absolute Gasteiger partial charge is 0.370 e. The Morgan fingerprint density at radius 1 is 1.61 bits per heavy atom. The highest BCUT2D eigenvalue weighted by molar-refractivity contribution is 8.00. The lowest BCUT2D eigenvalue weighted by molar-refractivity contribution is -0.121. The van der Waals surface area contributed by atoms with Crippen LogP contribution in [0, 0.1) is 0 Å². The van der Waals surface area contributed by atoms with Crippen molar-refractivity contribution in [3.63, 3.8) is 0 Å². The SMILES string of the molecule is CCNC(=O)CCCC[C@@H]1SCC2NC(N)=NC21. The van der Waals surface area contributed by atoms with E-state index in [2.05, 4.69) is 15.6 Å². The average Bonchev–Trinajstić information content (AvgIpc) is 2.85. The van der Waals surface area contributed by atoms with Gasteiger partial charge >= 0.3 is 0 Å². The first kappa shape index (κ1) is 13.5. The van der Waals surface area contributed by atoms with Gasteiger partial charge in [0.05, 0.1) is 12.1 Å². The second kappa shape index (κ2) is 6.31. The molecule has 102 valence electrons. The van der Waals surface area contributed by atoms with Gasteiger partial charge < -0.3 is 16.4 Å². The van der Waals surface area contributed by atoms with Gasteiger partial charge in [-0.3, -0.25) is 4.79 Å². The monoisotopic (exact) mass is 270 g/mol. The van der Waals surface area contributed by atoms with Crippen molar-refractivity contribution in [1.82, 2.24) is 10.6 Å². The molecule has 2 rings (SSSR count). The van der Waals surface area contributed by atoms with Crippen LogP contribution < -0.4 is 16.4 Å². The number of nitrogens with one attached hydrogen (secondary N) is 2. The molecule has 5 nitrogen and oxygen atoms in total. The molecule has 6 heteroatoms. The number of rotatable bonds is 6. The highest BCUT2D eigenvalue weighted by Gasteiger charge is 2.39. The molecule has 0 radical (unpaired) electrons. The van der Waals surface area contributed by atoms with Gasteiger partial charge in [-0.2, -0.15) is 11.8 Å². The van der Waals surface area contributed by atoms with Crippen molar-refractivity contribution >= 4 is 23.6 Å². The number of hydrogen-bond acceptors (Lipinski definition) is 5. The number of unbranched alkanes of at least 4 members (excludes halogenated alkanes) is 1. The van der Waals surface area contributed by atoms with Crippen LogP contribution in [0.25, 0.3) is 0 Å². The summed E-state index contributed by atoms with van der Waals surface area (Å²) >= 11 is 1.98. The van der Waals surface area contributed by atoms with E-state index in [9.17, 15) is 4.79 Å². The van der Waals surface area contributed by atoms with Gasteiger partial charge in [-0.15, -0.1) is 0 Å². The summed E-state index contributed by atoms with van der Waals surface area (Å²) in [4.78, 5) is 15.8. The number of aliphatic imine (C=N–C) groups is 1. The number of carbonyl (C=O) groups is 1. The molecule has 2 heterocycles. The standard InChI is InChI=1S/C12H22N4OS/c1-2-14-10(17)6-4-3-5-9-11-8(7-18-9)15-12(13)16-11/h8-9,11H,2-7H2,1H3,(H,14,17)(H3,13,15,16)/t8?,9-,11?/m0/s1. The summed E-state index contributed by atoms with van der Waals surface area (Å²) in [7, 11) is 0. The molecular formula is C12H22N4OS.